The van der Waals surface area contributed by atoms with Crippen LogP contribution < -0.4 is 38.1 Å². The molecule has 17 nitrogen and oxygen atoms in total. The van der Waals surface area contributed by atoms with Crippen LogP contribution in [0.25, 0.3) is 10.8 Å². The van der Waals surface area contributed by atoms with Crippen molar-refractivity contribution in [3.63, 3.8) is 0 Å². The van der Waals surface area contributed by atoms with Crippen LogP contribution in [0.2, 0.25) is 0 Å². The van der Waals surface area contributed by atoms with Crippen LogP contribution in [0, 0.1) is 5.92 Å². The first-order chi connectivity index (χ1) is 32.9. The van der Waals surface area contributed by atoms with Crippen molar-refractivity contribution >= 4 is 58.1 Å². The lowest BCUT2D eigenvalue weighted by molar-refractivity contribution is -0.142. The average molecular weight is 958 g/mol. The molecule has 3 aromatic carbocycles. The number of rotatable bonds is 33. The third-order valence-electron chi connectivity index (χ3n) is 12.6. The van der Waals surface area contributed by atoms with E-state index in [9.17, 15) is 48.6 Å². The van der Waals surface area contributed by atoms with E-state index in [0.29, 0.717) is 24.8 Å². The molecule has 0 saturated carbocycles. The quantitative estimate of drug-likeness (QED) is 0.0380. The molecular formula is C52H75N7O10. The van der Waals surface area contributed by atoms with Gasteiger partial charge in [-0.1, -0.05) is 157 Å². The Balaban J connectivity index is 1.29. The number of aliphatic hydroxyl groups excluding tert-OH is 1. The van der Waals surface area contributed by atoms with Gasteiger partial charge < -0.3 is 48.3 Å². The van der Waals surface area contributed by atoms with Crippen LogP contribution in [0.1, 0.15) is 142 Å². The first-order valence-corrected chi connectivity index (χ1v) is 24.4. The molecule has 0 aliphatic heterocycles. The third-order valence-corrected chi connectivity index (χ3v) is 12.6. The van der Waals surface area contributed by atoms with Gasteiger partial charge in [0.05, 0.1) is 12.5 Å². The lowest BCUT2D eigenvalue weighted by atomic mass is 9.86. The highest BCUT2D eigenvalue weighted by Crippen LogP contribution is 2.29. The first kappa shape index (κ1) is 57.0. The first-order valence-electron chi connectivity index (χ1n) is 24.4. The summed E-state index contributed by atoms with van der Waals surface area (Å²) in [6.45, 7) is 6.56. The van der Waals surface area contributed by atoms with Gasteiger partial charge in [0, 0.05) is 19.3 Å². The number of aliphatic hydroxyl groups is 1. The highest BCUT2D eigenvalue weighted by Gasteiger charge is 2.40. The number of unbranched alkanes of at least 4 members (excludes halogenated alkanes) is 11. The minimum absolute atomic E-state index is 0.0603. The van der Waals surface area contributed by atoms with E-state index >= 15 is 0 Å². The molecule has 0 heterocycles. The lowest BCUT2D eigenvalue weighted by Gasteiger charge is -2.33. The summed E-state index contributed by atoms with van der Waals surface area (Å²) in [7, 11) is 0. The Morgan fingerprint density at radius 2 is 1.10 bits per heavy atom. The summed E-state index contributed by atoms with van der Waals surface area (Å²) in [5.41, 5.74) is 10.9. The maximum absolute atomic E-state index is 13.9. The van der Waals surface area contributed by atoms with Crippen LogP contribution in [0.5, 0.6) is 0 Å². The van der Waals surface area contributed by atoms with Gasteiger partial charge in [-0.15, -0.1) is 0 Å². The van der Waals surface area contributed by atoms with Crippen LogP contribution in [0.3, 0.4) is 0 Å². The van der Waals surface area contributed by atoms with Crippen molar-refractivity contribution in [2.75, 3.05) is 0 Å². The maximum atomic E-state index is 13.9. The summed E-state index contributed by atoms with van der Waals surface area (Å²) in [5.74, 6) is -6.12. The third kappa shape index (κ3) is 19.3. The monoisotopic (exact) mass is 958 g/mol. The van der Waals surface area contributed by atoms with E-state index in [1.54, 1.807) is 49.4 Å². The molecule has 69 heavy (non-hydrogen) atoms. The lowest BCUT2D eigenvalue weighted by Crippen LogP contribution is -2.62. The fourth-order valence-corrected chi connectivity index (χ4v) is 8.16. The number of primary amides is 2. The number of nitrogens with two attached hydrogens (primary N) is 2. The van der Waals surface area contributed by atoms with Crippen molar-refractivity contribution in [3.05, 3.63) is 83.9 Å². The number of carbonyl (C=O) groups excluding carboxylic acids is 7. The fourth-order valence-electron chi connectivity index (χ4n) is 8.16. The van der Waals surface area contributed by atoms with Gasteiger partial charge in [-0.3, -0.25) is 33.6 Å². The largest absolute Gasteiger partial charge is 0.480 e. The highest BCUT2D eigenvalue weighted by atomic mass is 16.4. The molecule has 0 aliphatic carbocycles. The van der Waals surface area contributed by atoms with Crippen LogP contribution >= 0.6 is 0 Å². The van der Waals surface area contributed by atoms with E-state index < -0.39 is 83.6 Å². The maximum Gasteiger partial charge on any atom is 0.326 e. The summed E-state index contributed by atoms with van der Waals surface area (Å²) in [6.07, 6.45) is 10.3. The zero-order chi connectivity index (χ0) is 50.9. The molecule has 11 N–H and O–H groups in total. The van der Waals surface area contributed by atoms with Crippen molar-refractivity contribution < 1.29 is 48.6 Å². The van der Waals surface area contributed by atoms with Crippen molar-refractivity contribution in [2.24, 2.45) is 17.4 Å². The van der Waals surface area contributed by atoms with Gasteiger partial charge in [0.1, 0.15) is 29.7 Å². The molecule has 1 unspecified atom stereocenters. The molecule has 7 atom stereocenters. The predicted molar refractivity (Wildman–Crippen MR) is 264 cm³/mol. The topological polar surface area (TPSA) is 289 Å². The summed E-state index contributed by atoms with van der Waals surface area (Å²) in [6, 6.07) is 16.7. The number of carboxylic acids is 1. The minimum Gasteiger partial charge on any atom is -0.480 e. The SMILES string of the molecule is CC[C@H](C)[C@@H](NC(=O)[C@@H](NC(=O)CCCCCCCCCCCCCCC(=O)N[C@H](CC(=O)N[C@@H](Cc1ccccc1)C(=O)O)C(N)=O)C(C)O)C(=O)N[C@@](C)(C(N)=O)c1cccc2ccccc12. The molecular weight excluding hydrogens is 883 g/mol. The normalized spacial score (nSPS) is 14.7. The summed E-state index contributed by atoms with van der Waals surface area (Å²) < 4.78 is 0. The molecule has 0 aromatic heterocycles. The summed E-state index contributed by atoms with van der Waals surface area (Å²) >= 11 is 0. The number of hydrogen-bond donors (Lipinski definition) is 9. The van der Waals surface area contributed by atoms with Crippen LogP contribution in [0.15, 0.2) is 72.8 Å². The molecule has 0 fully saturated rings. The molecule has 0 aliphatic rings. The smallest absolute Gasteiger partial charge is 0.326 e. The average Bonchev–Trinajstić information content (AvgIpc) is 3.31. The van der Waals surface area contributed by atoms with E-state index in [0.717, 1.165) is 80.5 Å². The van der Waals surface area contributed by atoms with Gasteiger partial charge >= 0.3 is 5.97 Å². The molecule has 0 bridgehead atoms. The Hall–Kier alpha value is -6.36. The Morgan fingerprint density at radius 3 is 1.62 bits per heavy atom. The second kappa shape index (κ2) is 29.5. The number of nitrogens with one attached hydrogen (secondary N) is 5. The van der Waals surface area contributed by atoms with Gasteiger partial charge in [-0.05, 0) is 54.5 Å². The van der Waals surface area contributed by atoms with Gasteiger partial charge in [0.2, 0.25) is 41.4 Å². The van der Waals surface area contributed by atoms with Crippen molar-refractivity contribution in [1.82, 2.24) is 26.6 Å². The Kier molecular flexibility index (Phi) is 24.4. The van der Waals surface area contributed by atoms with Crippen LogP contribution in [-0.2, 0) is 50.3 Å². The molecule has 0 spiro atoms. The summed E-state index contributed by atoms with van der Waals surface area (Å²) in [5, 5.41) is 34.8. The number of amides is 7. The second-order valence-electron chi connectivity index (χ2n) is 18.3. The predicted octanol–water partition coefficient (Wildman–Crippen LogP) is 4.69. The molecule has 17 heteroatoms. The van der Waals surface area contributed by atoms with Crippen molar-refractivity contribution in [3.8, 4) is 0 Å². The number of carbonyl (C=O) groups is 8. The van der Waals surface area contributed by atoms with Crippen LogP contribution in [0.4, 0.5) is 0 Å². The van der Waals surface area contributed by atoms with E-state index in [4.69, 9.17) is 11.5 Å². The molecule has 378 valence electrons. The van der Waals surface area contributed by atoms with Gasteiger partial charge in [-0.2, -0.15) is 0 Å². The molecule has 7 amide bonds. The Labute approximate surface area is 406 Å². The van der Waals surface area contributed by atoms with Gasteiger partial charge in [0.25, 0.3) is 0 Å². The number of aliphatic carboxylic acids is 1. The van der Waals surface area contributed by atoms with Gasteiger partial charge in [0.15, 0.2) is 0 Å². The highest BCUT2D eigenvalue weighted by molar-refractivity contribution is 5.99. The molecule has 0 radical (unpaired) electrons. The number of hydrogen-bond acceptors (Lipinski definition) is 9. The Bertz CT molecular complexity index is 2160. The molecule has 3 aromatic rings. The number of carboxylic acid groups (broad SMARTS) is 1. The number of benzene rings is 3. The minimum atomic E-state index is -1.62. The van der Waals surface area contributed by atoms with E-state index in [1.165, 1.54) is 13.8 Å². The van der Waals surface area contributed by atoms with Gasteiger partial charge in [-0.25, -0.2) is 4.79 Å². The summed E-state index contributed by atoms with van der Waals surface area (Å²) in [4.78, 5) is 102. The molecule has 0 saturated heterocycles. The standard InChI is InChI=1S/C52H75N7O10/c1-5-34(2)45(49(66)59-52(4,51(54)69)39-29-23-27-37-26-21-22-28-38(37)39)58-48(65)46(35(3)60)57-43(62)31-20-15-13-11-9-7-6-8-10-12-14-19-30-42(61)55-40(47(53)64)33-44(63)56-41(50(67)68)32-36-24-17-16-18-25-36/h16-18,21-29,34-35,40-41,45-46,60H,5-15,19-20,30-33H2,1-4H3,(H2,53,64)(H2,54,69)(H,55,61)(H,56,63)(H,57,62)(H,58,65)(H,59,66)(H,67,68)/t34-,35?,40+,41-,45+,46-,52+/m0/s1. The zero-order valence-electron chi connectivity index (χ0n) is 40.7. The van der Waals surface area contributed by atoms with E-state index in [1.807, 2.05) is 37.3 Å². The molecule has 3 rings (SSSR count). The number of fused-ring (bicyclic) bond motifs is 1. The Morgan fingerprint density at radius 1 is 0.594 bits per heavy atom. The van der Waals surface area contributed by atoms with Crippen LogP contribution in [-0.4, -0.2) is 87.8 Å². The zero-order valence-corrected chi connectivity index (χ0v) is 40.7. The van der Waals surface area contributed by atoms with E-state index in [2.05, 4.69) is 26.6 Å². The van der Waals surface area contributed by atoms with Crippen molar-refractivity contribution in [1.29, 1.82) is 0 Å². The second-order valence-corrected chi connectivity index (χ2v) is 18.3. The van der Waals surface area contributed by atoms with Crippen molar-refractivity contribution in [2.45, 2.75) is 173 Å². The van der Waals surface area contributed by atoms with E-state index in [-0.39, 0.29) is 31.1 Å². The fraction of sp³-hybridized carbons (Fsp3) is 0.538.